The molecule has 0 radical (unpaired) electrons. The van der Waals surface area contributed by atoms with Gasteiger partial charge in [-0.15, -0.1) is 0 Å². The molecule has 3 heterocycles. The second kappa shape index (κ2) is 6.20. The molecule has 1 aliphatic heterocycles. The second-order valence-corrected chi connectivity index (χ2v) is 7.30. The minimum absolute atomic E-state index is 0.243. The third kappa shape index (κ3) is 2.50. The van der Waals surface area contributed by atoms with E-state index in [2.05, 4.69) is 114 Å². The molecule has 0 fully saturated rings. The van der Waals surface area contributed by atoms with E-state index in [9.17, 15) is 0 Å². The Morgan fingerprint density at radius 1 is 0.852 bits per heavy atom. The fourth-order valence-electron chi connectivity index (χ4n) is 4.23. The molecular weight excluding hydrogens is 330 g/mol. The fraction of sp³-hybridized carbons (Fsp3) is 0.167. The SMILES string of the molecule is CC1C(Nc2c(-c3ccccc3)cc3ccccn23)c2ccccc2N1C. The van der Waals surface area contributed by atoms with E-state index in [1.165, 1.54) is 27.9 Å². The summed E-state index contributed by atoms with van der Waals surface area (Å²) in [7, 11) is 2.18. The van der Waals surface area contributed by atoms with Crippen LogP contribution in [0.1, 0.15) is 18.5 Å². The molecule has 2 aromatic heterocycles. The Morgan fingerprint density at radius 2 is 1.59 bits per heavy atom. The molecule has 5 rings (SSSR count). The van der Waals surface area contributed by atoms with Gasteiger partial charge in [-0.05, 0) is 42.3 Å². The molecule has 2 aromatic carbocycles. The van der Waals surface area contributed by atoms with Gasteiger partial charge in [0.2, 0.25) is 0 Å². The summed E-state index contributed by atoms with van der Waals surface area (Å²) in [6.07, 6.45) is 2.14. The van der Waals surface area contributed by atoms with Crippen LogP contribution in [0.4, 0.5) is 11.5 Å². The number of para-hydroxylation sites is 1. The highest BCUT2D eigenvalue weighted by molar-refractivity contribution is 5.83. The van der Waals surface area contributed by atoms with Gasteiger partial charge in [0.15, 0.2) is 0 Å². The van der Waals surface area contributed by atoms with Crippen LogP contribution in [-0.2, 0) is 0 Å². The van der Waals surface area contributed by atoms with Gasteiger partial charge in [0.1, 0.15) is 5.82 Å². The van der Waals surface area contributed by atoms with Crippen LogP contribution in [0.5, 0.6) is 0 Å². The van der Waals surface area contributed by atoms with Crippen molar-refractivity contribution < 1.29 is 0 Å². The molecule has 3 nitrogen and oxygen atoms in total. The summed E-state index contributed by atoms with van der Waals surface area (Å²) in [4.78, 5) is 2.37. The van der Waals surface area contributed by atoms with Gasteiger partial charge >= 0.3 is 0 Å². The summed E-state index contributed by atoms with van der Waals surface area (Å²) >= 11 is 0. The van der Waals surface area contributed by atoms with Crippen molar-refractivity contribution in [3.63, 3.8) is 0 Å². The lowest BCUT2D eigenvalue weighted by Gasteiger charge is -2.25. The molecule has 2 atom stereocenters. The van der Waals surface area contributed by atoms with Crippen LogP contribution in [0.25, 0.3) is 16.6 Å². The van der Waals surface area contributed by atoms with Gasteiger partial charge in [0.05, 0.1) is 12.1 Å². The van der Waals surface area contributed by atoms with Crippen LogP contribution < -0.4 is 10.2 Å². The number of hydrogen-bond donors (Lipinski definition) is 1. The number of rotatable bonds is 3. The van der Waals surface area contributed by atoms with Crippen LogP contribution in [0.15, 0.2) is 85.1 Å². The number of hydrogen-bond acceptors (Lipinski definition) is 2. The zero-order valence-electron chi connectivity index (χ0n) is 15.6. The van der Waals surface area contributed by atoms with E-state index in [1.807, 2.05) is 0 Å². The van der Waals surface area contributed by atoms with E-state index >= 15 is 0 Å². The zero-order chi connectivity index (χ0) is 18.4. The molecule has 2 unspecified atom stereocenters. The summed E-state index contributed by atoms with van der Waals surface area (Å²) < 4.78 is 2.26. The highest BCUT2D eigenvalue weighted by atomic mass is 15.2. The Hall–Kier alpha value is -3.20. The second-order valence-electron chi connectivity index (χ2n) is 7.30. The average Bonchev–Trinajstić information content (AvgIpc) is 3.20. The first-order valence-corrected chi connectivity index (χ1v) is 9.48. The molecule has 0 saturated heterocycles. The van der Waals surface area contributed by atoms with Gasteiger partial charge in [-0.1, -0.05) is 54.6 Å². The van der Waals surface area contributed by atoms with Gasteiger partial charge in [0, 0.05) is 30.0 Å². The first kappa shape index (κ1) is 16.0. The van der Waals surface area contributed by atoms with E-state index in [1.54, 1.807) is 0 Å². The number of pyridine rings is 1. The Balaban J connectivity index is 1.66. The van der Waals surface area contributed by atoms with Crippen molar-refractivity contribution in [3.8, 4) is 11.1 Å². The Morgan fingerprint density at radius 3 is 2.44 bits per heavy atom. The number of anilines is 2. The maximum absolute atomic E-state index is 3.89. The largest absolute Gasteiger partial charge is 0.369 e. The highest BCUT2D eigenvalue weighted by Crippen LogP contribution is 2.42. The Bertz CT molecular complexity index is 1100. The van der Waals surface area contributed by atoms with Crippen LogP contribution >= 0.6 is 0 Å². The Kier molecular flexibility index (Phi) is 3.68. The molecule has 0 saturated carbocycles. The van der Waals surface area contributed by atoms with E-state index in [0.29, 0.717) is 6.04 Å². The summed E-state index contributed by atoms with van der Waals surface area (Å²) in [6.45, 7) is 2.29. The van der Waals surface area contributed by atoms with Crippen molar-refractivity contribution in [2.75, 3.05) is 17.3 Å². The molecule has 1 N–H and O–H groups in total. The smallest absolute Gasteiger partial charge is 0.119 e. The molecule has 0 bridgehead atoms. The summed E-state index contributed by atoms with van der Waals surface area (Å²) in [6, 6.07) is 28.6. The van der Waals surface area contributed by atoms with Crippen molar-refractivity contribution in [3.05, 3.63) is 90.6 Å². The number of nitrogens with zero attached hydrogens (tertiary/aromatic N) is 2. The van der Waals surface area contributed by atoms with Gasteiger partial charge in [-0.2, -0.15) is 0 Å². The highest BCUT2D eigenvalue weighted by Gasteiger charge is 2.34. The molecular formula is C24H23N3. The van der Waals surface area contributed by atoms with Crippen LogP contribution in [0, 0.1) is 0 Å². The Labute approximate surface area is 159 Å². The topological polar surface area (TPSA) is 19.7 Å². The molecule has 0 aliphatic carbocycles. The lowest BCUT2D eigenvalue weighted by atomic mass is 10.0. The van der Waals surface area contributed by atoms with Gasteiger partial charge in [0.25, 0.3) is 0 Å². The zero-order valence-corrected chi connectivity index (χ0v) is 15.6. The lowest BCUT2D eigenvalue weighted by Crippen LogP contribution is -2.31. The number of benzene rings is 2. The van der Waals surface area contributed by atoms with E-state index < -0.39 is 0 Å². The minimum Gasteiger partial charge on any atom is -0.369 e. The maximum Gasteiger partial charge on any atom is 0.119 e. The molecule has 3 heteroatoms. The van der Waals surface area contributed by atoms with Crippen molar-refractivity contribution in [2.45, 2.75) is 19.0 Å². The van der Waals surface area contributed by atoms with Crippen molar-refractivity contribution in [1.29, 1.82) is 0 Å². The number of nitrogens with one attached hydrogen (secondary N) is 1. The predicted molar refractivity (Wildman–Crippen MR) is 114 cm³/mol. The molecule has 134 valence electrons. The standard InChI is InChI=1S/C24H23N3/c1-17-23(20-13-6-7-14-22(20)26(17)2)25-24-21(18-10-4-3-5-11-18)16-19-12-8-9-15-27(19)24/h3-17,23,25H,1-2H3. The summed E-state index contributed by atoms with van der Waals surface area (Å²) in [5, 5.41) is 3.89. The van der Waals surface area contributed by atoms with E-state index in [4.69, 9.17) is 0 Å². The van der Waals surface area contributed by atoms with Gasteiger partial charge < -0.3 is 14.6 Å². The van der Waals surface area contributed by atoms with Crippen LogP contribution in [-0.4, -0.2) is 17.5 Å². The first-order valence-electron chi connectivity index (χ1n) is 9.48. The van der Waals surface area contributed by atoms with E-state index in [0.717, 1.165) is 5.82 Å². The summed E-state index contributed by atoms with van der Waals surface area (Å²) in [5.41, 5.74) is 6.34. The van der Waals surface area contributed by atoms with E-state index in [-0.39, 0.29) is 6.04 Å². The predicted octanol–water partition coefficient (Wildman–Crippen LogP) is 5.60. The number of likely N-dealkylation sites (N-methyl/N-ethyl adjacent to an activating group) is 1. The monoisotopic (exact) mass is 353 g/mol. The molecule has 0 spiro atoms. The molecule has 1 aliphatic rings. The van der Waals surface area contributed by atoms with Crippen LogP contribution in [0.3, 0.4) is 0 Å². The van der Waals surface area contributed by atoms with Crippen molar-refractivity contribution in [1.82, 2.24) is 4.40 Å². The summed E-state index contributed by atoms with van der Waals surface area (Å²) in [5.74, 6) is 1.15. The number of aromatic nitrogens is 1. The molecule has 4 aromatic rings. The normalized spacial score (nSPS) is 18.7. The third-order valence-corrected chi connectivity index (χ3v) is 5.80. The third-order valence-electron chi connectivity index (χ3n) is 5.80. The first-order chi connectivity index (χ1) is 13.2. The molecule has 0 amide bonds. The van der Waals surface area contributed by atoms with Crippen LogP contribution in [0.2, 0.25) is 0 Å². The van der Waals surface area contributed by atoms with Gasteiger partial charge in [-0.3, -0.25) is 0 Å². The average molecular weight is 353 g/mol. The fourth-order valence-corrected chi connectivity index (χ4v) is 4.23. The van der Waals surface area contributed by atoms with Gasteiger partial charge in [-0.25, -0.2) is 0 Å². The lowest BCUT2D eigenvalue weighted by molar-refractivity contribution is 0.634. The van der Waals surface area contributed by atoms with Crippen molar-refractivity contribution >= 4 is 17.0 Å². The van der Waals surface area contributed by atoms with Crippen molar-refractivity contribution in [2.24, 2.45) is 0 Å². The maximum atomic E-state index is 3.89. The number of fused-ring (bicyclic) bond motifs is 2. The molecule has 27 heavy (non-hydrogen) atoms. The quantitative estimate of drug-likeness (QED) is 0.517. The minimum atomic E-state index is 0.243.